The first-order valence-electron chi connectivity index (χ1n) is 11.8. The number of primary amides is 1. The number of carboxylic acids is 1. The van der Waals surface area contributed by atoms with Crippen LogP contribution in [0.1, 0.15) is 31.8 Å². The summed E-state index contributed by atoms with van der Waals surface area (Å²) in [6.45, 7) is 0.815. The summed E-state index contributed by atoms with van der Waals surface area (Å²) in [6.07, 6.45) is -4.49. The minimum absolute atomic E-state index is 0.00330. The van der Waals surface area contributed by atoms with Crippen LogP contribution in [0.3, 0.4) is 0 Å². The summed E-state index contributed by atoms with van der Waals surface area (Å²) in [5.74, 6) is -2.06. The molecule has 0 aliphatic carbocycles. The van der Waals surface area contributed by atoms with Gasteiger partial charge in [0.1, 0.15) is 5.69 Å². The smallest absolute Gasteiger partial charge is 0.416 e. The molecule has 1 saturated heterocycles. The minimum atomic E-state index is -4.49. The molecule has 1 heterocycles. The second-order valence-electron chi connectivity index (χ2n) is 8.82. The fourth-order valence-corrected chi connectivity index (χ4v) is 4.59. The van der Waals surface area contributed by atoms with Gasteiger partial charge in [0.2, 0.25) is 0 Å². The summed E-state index contributed by atoms with van der Waals surface area (Å²) in [5.41, 5.74) is 5.43. The largest absolute Gasteiger partial charge is 0.478 e. The third kappa shape index (κ3) is 5.87. The Bertz CT molecular complexity index is 1420. The van der Waals surface area contributed by atoms with Crippen molar-refractivity contribution in [2.45, 2.75) is 12.7 Å². The molecular weight excluding hydrogens is 519 g/mol. The molecule has 39 heavy (non-hydrogen) atoms. The molecule has 1 aliphatic rings. The fraction of sp³-hybridized carbons (Fsp3) is 0.231. The monoisotopic (exact) mass is 543 g/mol. The van der Waals surface area contributed by atoms with Crippen LogP contribution in [0.4, 0.5) is 35.9 Å². The number of nitro benzene ring substituents is 1. The van der Waals surface area contributed by atoms with Crippen molar-refractivity contribution in [3.63, 3.8) is 0 Å². The normalized spacial score (nSPS) is 13.7. The number of nitrogens with two attached hydrogens (primary N) is 1. The van der Waals surface area contributed by atoms with Gasteiger partial charge < -0.3 is 26.0 Å². The van der Waals surface area contributed by atoms with Gasteiger partial charge in [0.05, 0.1) is 21.6 Å². The number of carbonyl (C=O) groups excluding carboxylic acids is 1. The molecule has 1 amide bonds. The van der Waals surface area contributed by atoms with Crippen molar-refractivity contribution >= 4 is 34.6 Å². The van der Waals surface area contributed by atoms with E-state index in [-0.39, 0.29) is 60.9 Å². The Hall–Kier alpha value is -4.81. The van der Waals surface area contributed by atoms with Crippen LogP contribution >= 0.6 is 0 Å². The van der Waals surface area contributed by atoms with Crippen LogP contribution in [0, 0.1) is 10.1 Å². The standard InChI is InChI=1S/C26H24F3N5O5/c27-26(28,29)17-5-3-6-18(14-17)32-10-12-33(13-11-32)23-21(34(38)39)9-8-20(22(23)24(30)35)31-15-16-4-1-2-7-19(16)25(36)37/h1-9,14,31H,10-13,15H2,(H2,30,35)(H,36,37). The van der Waals surface area contributed by atoms with E-state index in [9.17, 15) is 38.0 Å². The van der Waals surface area contributed by atoms with E-state index in [1.54, 1.807) is 34.1 Å². The van der Waals surface area contributed by atoms with Crippen LogP contribution in [0.5, 0.6) is 0 Å². The molecule has 0 aromatic heterocycles. The maximum absolute atomic E-state index is 13.2. The van der Waals surface area contributed by atoms with Gasteiger partial charge in [-0.1, -0.05) is 24.3 Å². The number of benzene rings is 3. The van der Waals surface area contributed by atoms with Crippen molar-refractivity contribution in [2.24, 2.45) is 5.73 Å². The molecule has 0 unspecified atom stereocenters. The van der Waals surface area contributed by atoms with Gasteiger partial charge >= 0.3 is 12.1 Å². The molecule has 0 spiro atoms. The van der Waals surface area contributed by atoms with Crippen LogP contribution < -0.4 is 20.9 Å². The minimum Gasteiger partial charge on any atom is -0.478 e. The highest BCUT2D eigenvalue weighted by molar-refractivity contribution is 6.06. The second kappa shape index (κ2) is 10.9. The summed E-state index contributed by atoms with van der Waals surface area (Å²) >= 11 is 0. The molecule has 10 nitrogen and oxygen atoms in total. The van der Waals surface area contributed by atoms with Gasteiger partial charge in [0, 0.05) is 50.2 Å². The average Bonchev–Trinajstić information content (AvgIpc) is 2.91. The molecule has 4 rings (SSSR count). The number of hydrogen-bond donors (Lipinski definition) is 3. The number of nitro groups is 1. The number of halogens is 3. The lowest BCUT2D eigenvalue weighted by molar-refractivity contribution is -0.384. The summed E-state index contributed by atoms with van der Waals surface area (Å²) in [7, 11) is 0. The first-order chi connectivity index (χ1) is 18.5. The van der Waals surface area contributed by atoms with E-state index in [4.69, 9.17) is 5.73 Å². The zero-order valence-corrected chi connectivity index (χ0v) is 20.4. The first-order valence-corrected chi connectivity index (χ1v) is 11.8. The highest BCUT2D eigenvalue weighted by atomic mass is 19.4. The predicted molar refractivity (Wildman–Crippen MR) is 138 cm³/mol. The van der Waals surface area contributed by atoms with E-state index < -0.39 is 28.5 Å². The van der Waals surface area contributed by atoms with Crippen molar-refractivity contribution in [3.8, 4) is 0 Å². The van der Waals surface area contributed by atoms with Crippen LogP contribution in [-0.4, -0.2) is 48.1 Å². The van der Waals surface area contributed by atoms with E-state index in [0.717, 1.165) is 12.1 Å². The van der Waals surface area contributed by atoms with Crippen LogP contribution in [-0.2, 0) is 12.7 Å². The highest BCUT2D eigenvalue weighted by Gasteiger charge is 2.33. The van der Waals surface area contributed by atoms with E-state index in [2.05, 4.69) is 5.32 Å². The SMILES string of the molecule is NC(=O)c1c(NCc2ccccc2C(=O)O)ccc([N+](=O)[O-])c1N1CCN(c2cccc(C(F)(F)F)c2)CC1. The van der Waals surface area contributed by atoms with E-state index in [1.165, 1.54) is 24.3 Å². The van der Waals surface area contributed by atoms with Gasteiger partial charge in [0.15, 0.2) is 0 Å². The molecule has 0 atom stereocenters. The first kappa shape index (κ1) is 27.2. The Morgan fingerprint density at radius 3 is 2.28 bits per heavy atom. The van der Waals surface area contributed by atoms with E-state index in [1.807, 2.05) is 0 Å². The van der Waals surface area contributed by atoms with Crippen molar-refractivity contribution in [3.05, 3.63) is 93.0 Å². The molecule has 0 saturated carbocycles. The van der Waals surface area contributed by atoms with Crippen LogP contribution in [0.2, 0.25) is 0 Å². The Labute approximate surface area is 220 Å². The van der Waals surface area contributed by atoms with Crippen molar-refractivity contribution in [2.75, 3.05) is 41.3 Å². The number of piperazine rings is 1. The Morgan fingerprint density at radius 1 is 1.00 bits per heavy atom. The number of carboxylic acid groups (broad SMARTS) is 1. The third-order valence-corrected chi connectivity index (χ3v) is 6.45. The number of nitrogens with one attached hydrogen (secondary N) is 1. The lowest BCUT2D eigenvalue weighted by atomic mass is 10.0. The average molecular weight is 544 g/mol. The van der Waals surface area contributed by atoms with Crippen LogP contribution in [0.25, 0.3) is 0 Å². The van der Waals surface area contributed by atoms with Gasteiger partial charge in [-0.3, -0.25) is 14.9 Å². The van der Waals surface area contributed by atoms with Crippen LogP contribution in [0.15, 0.2) is 60.7 Å². The fourth-order valence-electron chi connectivity index (χ4n) is 4.59. The van der Waals surface area contributed by atoms with E-state index >= 15 is 0 Å². The highest BCUT2D eigenvalue weighted by Crippen LogP contribution is 2.38. The molecule has 0 radical (unpaired) electrons. The number of hydrogen-bond acceptors (Lipinski definition) is 7. The quantitative estimate of drug-likeness (QED) is 0.281. The Balaban J connectivity index is 1.63. The topological polar surface area (TPSA) is 142 Å². The molecule has 0 bridgehead atoms. The molecule has 1 fully saturated rings. The molecule has 3 aromatic carbocycles. The molecular formula is C26H24F3N5O5. The lowest BCUT2D eigenvalue weighted by Gasteiger charge is -2.38. The molecule has 204 valence electrons. The van der Waals surface area contributed by atoms with Crippen molar-refractivity contribution in [1.29, 1.82) is 0 Å². The number of nitrogens with zero attached hydrogens (tertiary/aromatic N) is 3. The van der Waals surface area contributed by atoms with Gasteiger partial charge in [0.25, 0.3) is 11.6 Å². The Morgan fingerprint density at radius 2 is 1.67 bits per heavy atom. The predicted octanol–water partition coefficient (Wildman–Crippen LogP) is 4.35. The molecule has 3 aromatic rings. The van der Waals surface area contributed by atoms with E-state index in [0.29, 0.717) is 11.3 Å². The third-order valence-electron chi connectivity index (χ3n) is 6.45. The summed E-state index contributed by atoms with van der Waals surface area (Å²) in [6, 6.07) is 13.7. The molecule has 13 heteroatoms. The van der Waals surface area contributed by atoms with Gasteiger partial charge in [-0.2, -0.15) is 13.2 Å². The van der Waals surface area contributed by atoms with Crippen molar-refractivity contribution < 1.29 is 32.8 Å². The van der Waals surface area contributed by atoms with Gasteiger partial charge in [-0.05, 0) is 35.9 Å². The second-order valence-corrected chi connectivity index (χ2v) is 8.82. The number of rotatable bonds is 8. The molecule has 4 N–H and O–H groups in total. The summed E-state index contributed by atoms with van der Waals surface area (Å²) in [4.78, 5) is 38.7. The number of amides is 1. The number of alkyl halides is 3. The van der Waals surface area contributed by atoms with Gasteiger partial charge in [-0.25, -0.2) is 4.79 Å². The summed E-state index contributed by atoms with van der Waals surface area (Å²) in [5, 5.41) is 24.3. The molecule has 1 aliphatic heterocycles. The van der Waals surface area contributed by atoms with Gasteiger partial charge in [-0.15, -0.1) is 0 Å². The number of aromatic carboxylic acids is 1. The zero-order chi connectivity index (χ0) is 28.3. The summed E-state index contributed by atoms with van der Waals surface area (Å²) < 4.78 is 39.5. The number of anilines is 3. The zero-order valence-electron chi connectivity index (χ0n) is 20.4. The maximum atomic E-state index is 13.2. The van der Waals surface area contributed by atoms with Crippen molar-refractivity contribution in [1.82, 2.24) is 0 Å². The maximum Gasteiger partial charge on any atom is 0.416 e. The Kier molecular flexibility index (Phi) is 7.61. The number of carbonyl (C=O) groups is 2. The lowest BCUT2D eigenvalue weighted by Crippen LogP contribution is -2.47.